The molecule has 0 unspecified atom stereocenters. The van der Waals surface area contributed by atoms with Crippen LogP contribution in [-0.2, 0) is 11.2 Å². The van der Waals surface area contributed by atoms with Gasteiger partial charge in [-0.15, -0.1) is 0 Å². The van der Waals surface area contributed by atoms with Gasteiger partial charge in [0, 0.05) is 23.6 Å². The van der Waals surface area contributed by atoms with Crippen molar-refractivity contribution in [2.75, 3.05) is 5.32 Å². The van der Waals surface area contributed by atoms with Crippen molar-refractivity contribution >= 4 is 28.9 Å². The van der Waals surface area contributed by atoms with E-state index in [1.165, 1.54) is 24.4 Å². The fraction of sp³-hybridized carbons (Fsp3) is 0.0909. The molecule has 1 aromatic heterocycles. The first-order valence-electron chi connectivity index (χ1n) is 5.28. The number of benzene rings is 1. The molecule has 0 aliphatic heterocycles. The van der Waals surface area contributed by atoms with E-state index in [0.29, 0.717) is 11.4 Å². The van der Waals surface area contributed by atoms with Gasteiger partial charge >= 0.3 is 0 Å². The average molecular weight is 281 g/mol. The highest BCUT2D eigenvalue weighted by molar-refractivity contribution is 6.32. The minimum atomic E-state index is -0.604. The van der Waals surface area contributed by atoms with Crippen LogP contribution in [0.2, 0.25) is 5.02 Å². The number of hydrogen-bond donors (Lipinski definition) is 2. The van der Waals surface area contributed by atoms with Gasteiger partial charge in [0.25, 0.3) is 5.69 Å². The Labute approximate surface area is 112 Å². The number of nitro benzene ring substituents is 1. The molecule has 8 heteroatoms. The second-order valence-electron chi connectivity index (χ2n) is 3.73. The van der Waals surface area contributed by atoms with Crippen LogP contribution in [0.1, 0.15) is 5.69 Å². The third kappa shape index (κ3) is 3.29. The van der Waals surface area contributed by atoms with E-state index < -0.39 is 4.92 Å². The van der Waals surface area contributed by atoms with Crippen molar-refractivity contribution in [2.24, 2.45) is 0 Å². The lowest BCUT2D eigenvalue weighted by Gasteiger charge is -2.04. The fourth-order valence-corrected chi connectivity index (χ4v) is 1.68. The molecule has 2 rings (SSSR count). The summed E-state index contributed by atoms with van der Waals surface area (Å²) in [6.07, 6.45) is 1.65. The van der Waals surface area contributed by atoms with Crippen LogP contribution in [-0.4, -0.2) is 21.0 Å². The molecule has 0 fully saturated rings. The highest BCUT2D eigenvalue weighted by Gasteiger charge is 2.14. The Morgan fingerprint density at radius 1 is 1.47 bits per heavy atom. The van der Waals surface area contributed by atoms with Gasteiger partial charge in [-0.25, -0.2) is 0 Å². The fourth-order valence-electron chi connectivity index (χ4n) is 1.49. The van der Waals surface area contributed by atoms with Gasteiger partial charge in [0.05, 0.1) is 11.3 Å². The van der Waals surface area contributed by atoms with Crippen LogP contribution in [0.15, 0.2) is 30.5 Å². The minimum Gasteiger partial charge on any atom is -0.325 e. The lowest BCUT2D eigenvalue weighted by atomic mass is 10.2. The van der Waals surface area contributed by atoms with E-state index in [4.69, 9.17) is 11.6 Å². The second kappa shape index (κ2) is 5.49. The zero-order valence-electron chi connectivity index (χ0n) is 9.59. The number of halogens is 1. The Bertz CT molecular complexity index is 612. The molecule has 0 aliphatic carbocycles. The highest BCUT2D eigenvalue weighted by atomic mass is 35.5. The van der Waals surface area contributed by atoms with Crippen LogP contribution < -0.4 is 5.32 Å². The summed E-state index contributed by atoms with van der Waals surface area (Å²) in [5.74, 6) is -0.305. The number of nitrogens with zero attached hydrogens (tertiary/aromatic N) is 2. The molecule has 0 atom stereocenters. The van der Waals surface area contributed by atoms with Crippen molar-refractivity contribution in [2.45, 2.75) is 6.42 Å². The molecule has 0 radical (unpaired) electrons. The number of anilines is 1. The van der Waals surface area contributed by atoms with E-state index in [0.717, 1.165) is 0 Å². The first-order valence-corrected chi connectivity index (χ1v) is 5.66. The molecule has 7 nitrogen and oxygen atoms in total. The summed E-state index contributed by atoms with van der Waals surface area (Å²) < 4.78 is 0. The summed E-state index contributed by atoms with van der Waals surface area (Å²) >= 11 is 5.68. The minimum absolute atomic E-state index is 0.0246. The molecule has 2 N–H and O–H groups in total. The number of aromatic amines is 1. The standard InChI is InChI=1S/C11H9ClN4O3/c12-9-2-1-7(5-10(9)16(18)19)14-11(17)6-8-3-4-13-15-8/h1-5H,6H2,(H,13,15)(H,14,17). The van der Waals surface area contributed by atoms with Gasteiger partial charge in [0.1, 0.15) is 5.02 Å². The Morgan fingerprint density at radius 3 is 2.89 bits per heavy atom. The lowest BCUT2D eigenvalue weighted by molar-refractivity contribution is -0.384. The molecule has 1 heterocycles. The molecule has 0 spiro atoms. The number of rotatable bonds is 4. The van der Waals surface area contributed by atoms with E-state index >= 15 is 0 Å². The first-order chi connectivity index (χ1) is 9.06. The van der Waals surface area contributed by atoms with Gasteiger partial charge in [-0.3, -0.25) is 20.0 Å². The molecule has 19 heavy (non-hydrogen) atoms. The van der Waals surface area contributed by atoms with Crippen LogP contribution in [0.3, 0.4) is 0 Å². The van der Waals surface area contributed by atoms with Crippen LogP contribution in [0.5, 0.6) is 0 Å². The Balaban J connectivity index is 2.09. The molecular weight excluding hydrogens is 272 g/mol. The molecular formula is C11H9ClN4O3. The predicted molar refractivity (Wildman–Crippen MR) is 69.0 cm³/mol. The quantitative estimate of drug-likeness (QED) is 0.662. The van der Waals surface area contributed by atoms with E-state index in [9.17, 15) is 14.9 Å². The number of nitrogens with one attached hydrogen (secondary N) is 2. The second-order valence-corrected chi connectivity index (χ2v) is 4.14. The maximum Gasteiger partial charge on any atom is 0.289 e. The predicted octanol–water partition coefficient (Wildman–Crippen LogP) is 2.15. The number of hydrogen-bond acceptors (Lipinski definition) is 4. The maximum absolute atomic E-state index is 11.7. The molecule has 0 bridgehead atoms. The van der Waals surface area contributed by atoms with Crippen molar-refractivity contribution in [1.29, 1.82) is 0 Å². The molecule has 98 valence electrons. The van der Waals surface area contributed by atoms with Gasteiger partial charge in [0.15, 0.2) is 0 Å². The van der Waals surface area contributed by atoms with E-state index in [1.54, 1.807) is 6.07 Å². The molecule has 1 amide bonds. The van der Waals surface area contributed by atoms with Crippen molar-refractivity contribution in [3.05, 3.63) is 51.3 Å². The van der Waals surface area contributed by atoms with Crippen LogP contribution in [0, 0.1) is 10.1 Å². The molecule has 0 saturated heterocycles. The number of amides is 1. The summed E-state index contributed by atoms with van der Waals surface area (Å²) in [6.45, 7) is 0. The lowest BCUT2D eigenvalue weighted by Crippen LogP contribution is -2.14. The number of nitro groups is 1. The van der Waals surface area contributed by atoms with Crippen LogP contribution in [0.4, 0.5) is 11.4 Å². The first kappa shape index (κ1) is 13.0. The van der Waals surface area contributed by atoms with Crippen LogP contribution >= 0.6 is 11.6 Å². The van der Waals surface area contributed by atoms with Gasteiger partial charge in [-0.05, 0) is 18.2 Å². The maximum atomic E-state index is 11.7. The van der Waals surface area contributed by atoms with Crippen molar-refractivity contribution in [1.82, 2.24) is 10.2 Å². The van der Waals surface area contributed by atoms with Crippen molar-refractivity contribution in [3.63, 3.8) is 0 Å². The number of carbonyl (C=O) groups is 1. The smallest absolute Gasteiger partial charge is 0.289 e. The number of H-pyrrole nitrogens is 1. The van der Waals surface area contributed by atoms with Gasteiger partial charge in [-0.2, -0.15) is 5.10 Å². The van der Waals surface area contributed by atoms with E-state index in [2.05, 4.69) is 15.5 Å². The normalized spacial score (nSPS) is 10.2. The molecule has 1 aromatic carbocycles. The number of aromatic nitrogens is 2. The summed E-state index contributed by atoms with van der Waals surface area (Å²) in [5, 5.41) is 19.7. The SMILES string of the molecule is O=C(Cc1ccn[nH]1)Nc1ccc(Cl)c([N+](=O)[O-])c1. The Hall–Kier alpha value is -2.41. The van der Waals surface area contributed by atoms with E-state index in [1.807, 2.05) is 0 Å². The van der Waals surface area contributed by atoms with Gasteiger partial charge in [0.2, 0.25) is 5.91 Å². The third-order valence-electron chi connectivity index (χ3n) is 2.34. The Kier molecular flexibility index (Phi) is 3.76. The zero-order chi connectivity index (χ0) is 13.8. The topological polar surface area (TPSA) is 101 Å². The highest BCUT2D eigenvalue weighted by Crippen LogP contribution is 2.27. The molecule has 0 saturated carbocycles. The van der Waals surface area contributed by atoms with Gasteiger partial charge < -0.3 is 5.32 Å². The summed E-state index contributed by atoms with van der Waals surface area (Å²) in [4.78, 5) is 21.8. The average Bonchev–Trinajstić information content (AvgIpc) is 2.84. The van der Waals surface area contributed by atoms with Crippen molar-refractivity contribution < 1.29 is 9.72 Å². The summed E-state index contributed by atoms with van der Waals surface area (Å²) in [7, 11) is 0. The largest absolute Gasteiger partial charge is 0.325 e. The molecule has 0 aliphatic rings. The molecule has 2 aromatic rings. The monoisotopic (exact) mass is 280 g/mol. The summed E-state index contributed by atoms with van der Waals surface area (Å²) in [5.41, 5.74) is 0.725. The zero-order valence-corrected chi connectivity index (χ0v) is 10.3. The van der Waals surface area contributed by atoms with Crippen molar-refractivity contribution in [3.8, 4) is 0 Å². The number of carbonyl (C=O) groups excluding carboxylic acids is 1. The summed E-state index contributed by atoms with van der Waals surface area (Å²) in [6, 6.07) is 5.75. The van der Waals surface area contributed by atoms with Gasteiger partial charge in [-0.1, -0.05) is 11.6 Å². The van der Waals surface area contributed by atoms with Crippen LogP contribution in [0.25, 0.3) is 0 Å². The Morgan fingerprint density at radius 2 is 2.26 bits per heavy atom. The van der Waals surface area contributed by atoms with E-state index in [-0.39, 0.29) is 23.0 Å². The third-order valence-corrected chi connectivity index (χ3v) is 2.66.